The quantitative estimate of drug-likeness (QED) is 0.388. The van der Waals surface area contributed by atoms with Crippen molar-refractivity contribution in [1.82, 2.24) is 10.6 Å². The summed E-state index contributed by atoms with van der Waals surface area (Å²) in [6.07, 6.45) is 2.95. The molecule has 3 N–H and O–H groups in total. The molecule has 2 amide bonds. The molecule has 1 unspecified atom stereocenters. The molecule has 34 heavy (non-hydrogen) atoms. The summed E-state index contributed by atoms with van der Waals surface area (Å²) < 4.78 is 5.51. The maximum absolute atomic E-state index is 12.2. The number of carbonyl (C=O) groups excluding carboxylic acids is 2. The van der Waals surface area contributed by atoms with E-state index in [9.17, 15) is 19.5 Å². The molecule has 2 aromatic rings. The van der Waals surface area contributed by atoms with Crippen LogP contribution >= 0.6 is 0 Å². The fourth-order valence-corrected chi connectivity index (χ4v) is 4.52. The van der Waals surface area contributed by atoms with E-state index < -0.39 is 17.6 Å². The predicted molar refractivity (Wildman–Crippen MR) is 131 cm³/mol. The lowest BCUT2D eigenvalue weighted by molar-refractivity contribution is -0.147. The molecule has 3 rings (SSSR count). The normalized spacial score (nSPS) is 13.9. The summed E-state index contributed by atoms with van der Waals surface area (Å²) in [6, 6.07) is 16.4. The Morgan fingerprint density at radius 1 is 0.971 bits per heavy atom. The number of ether oxygens (including phenoxy) is 1. The van der Waals surface area contributed by atoms with Crippen LogP contribution in [0.25, 0.3) is 11.1 Å². The molecule has 0 saturated heterocycles. The first-order chi connectivity index (χ1) is 16.4. The average Bonchev–Trinajstić information content (AvgIpc) is 3.13. The number of hydrogen-bond acceptors (Lipinski definition) is 4. The Morgan fingerprint density at radius 2 is 1.59 bits per heavy atom. The number of carboxylic acid groups (broad SMARTS) is 1. The maximum atomic E-state index is 12.2. The van der Waals surface area contributed by atoms with Gasteiger partial charge in [-0.2, -0.15) is 0 Å². The molecule has 0 aliphatic heterocycles. The van der Waals surface area contributed by atoms with Gasteiger partial charge < -0.3 is 20.5 Å². The highest BCUT2D eigenvalue weighted by Gasteiger charge is 2.33. The van der Waals surface area contributed by atoms with Crippen LogP contribution in [0, 0.1) is 0 Å². The lowest BCUT2D eigenvalue weighted by Gasteiger charge is -2.25. The maximum Gasteiger partial charge on any atom is 0.407 e. The summed E-state index contributed by atoms with van der Waals surface area (Å²) in [6.45, 7) is 4.16. The molecule has 0 radical (unpaired) electrons. The van der Waals surface area contributed by atoms with Crippen molar-refractivity contribution in [2.45, 2.75) is 63.8 Å². The highest BCUT2D eigenvalue weighted by atomic mass is 16.5. The van der Waals surface area contributed by atoms with Gasteiger partial charge in [0.2, 0.25) is 5.91 Å². The Bertz CT molecular complexity index is 976. The molecular weight excluding hydrogens is 432 g/mol. The van der Waals surface area contributed by atoms with Crippen LogP contribution in [0.3, 0.4) is 0 Å². The standard InChI is InChI=1S/C27H34N2O5/c1-3-16-27(2,25(31)32)29-24(30)15-5-4-10-17-28-26(33)34-18-23-21-13-8-6-11-19(21)20-12-7-9-14-22(20)23/h6-9,11-14,23H,3-5,10,15-18H2,1-2H3,(H,28,33)(H,29,30)(H,31,32). The van der Waals surface area contributed by atoms with Gasteiger partial charge in [0.05, 0.1) is 0 Å². The van der Waals surface area contributed by atoms with Gasteiger partial charge in [0.15, 0.2) is 0 Å². The number of alkyl carbamates (subject to hydrolysis) is 1. The predicted octanol–water partition coefficient (Wildman–Crippen LogP) is 4.85. The summed E-state index contributed by atoms with van der Waals surface area (Å²) >= 11 is 0. The van der Waals surface area contributed by atoms with Gasteiger partial charge in [-0.3, -0.25) is 4.79 Å². The molecule has 1 aliphatic rings. The third kappa shape index (κ3) is 6.16. The second-order valence-corrected chi connectivity index (χ2v) is 9.00. The van der Waals surface area contributed by atoms with E-state index in [1.54, 1.807) is 0 Å². The molecule has 0 saturated carbocycles. The van der Waals surface area contributed by atoms with Gasteiger partial charge in [-0.15, -0.1) is 0 Å². The molecule has 0 bridgehead atoms. The molecule has 0 aromatic heterocycles. The first-order valence-corrected chi connectivity index (χ1v) is 12.0. The first-order valence-electron chi connectivity index (χ1n) is 12.0. The van der Waals surface area contributed by atoms with E-state index in [1.807, 2.05) is 31.2 Å². The molecular formula is C27H34N2O5. The second kappa shape index (κ2) is 11.7. The number of carboxylic acids is 1. The molecule has 0 heterocycles. The lowest BCUT2D eigenvalue weighted by Crippen LogP contribution is -2.52. The van der Waals surface area contributed by atoms with Crippen molar-refractivity contribution in [2.75, 3.05) is 13.2 Å². The third-order valence-corrected chi connectivity index (χ3v) is 6.33. The Morgan fingerprint density at radius 3 is 2.18 bits per heavy atom. The van der Waals surface area contributed by atoms with Crippen molar-refractivity contribution in [3.8, 4) is 11.1 Å². The smallest absolute Gasteiger partial charge is 0.407 e. The Kier molecular flexibility index (Phi) is 8.68. The summed E-state index contributed by atoms with van der Waals surface area (Å²) in [5.74, 6) is -1.25. The average molecular weight is 467 g/mol. The summed E-state index contributed by atoms with van der Waals surface area (Å²) in [5.41, 5.74) is 3.50. The van der Waals surface area contributed by atoms with Crippen LogP contribution in [0.15, 0.2) is 48.5 Å². The fraction of sp³-hybridized carbons (Fsp3) is 0.444. The largest absolute Gasteiger partial charge is 0.480 e. The number of amides is 2. The minimum Gasteiger partial charge on any atom is -0.480 e. The molecule has 1 aliphatic carbocycles. The van der Waals surface area contributed by atoms with Crippen LogP contribution in [0.2, 0.25) is 0 Å². The van der Waals surface area contributed by atoms with Crippen LogP contribution in [0.1, 0.15) is 69.4 Å². The molecule has 7 nitrogen and oxygen atoms in total. The summed E-state index contributed by atoms with van der Waals surface area (Å²) in [7, 11) is 0. The number of rotatable bonds is 12. The van der Waals surface area contributed by atoms with Gasteiger partial charge in [0.1, 0.15) is 12.1 Å². The minimum absolute atomic E-state index is 0.0286. The highest BCUT2D eigenvalue weighted by molar-refractivity contribution is 5.86. The van der Waals surface area contributed by atoms with Crippen LogP contribution in [0.4, 0.5) is 4.79 Å². The zero-order chi connectivity index (χ0) is 24.6. The van der Waals surface area contributed by atoms with Crippen molar-refractivity contribution >= 4 is 18.0 Å². The Balaban J connectivity index is 1.35. The third-order valence-electron chi connectivity index (χ3n) is 6.33. The molecule has 0 fully saturated rings. The number of fused-ring (bicyclic) bond motifs is 3. The van der Waals surface area contributed by atoms with E-state index in [2.05, 4.69) is 34.9 Å². The van der Waals surface area contributed by atoms with E-state index >= 15 is 0 Å². The van der Waals surface area contributed by atoms with Crippen molar-refractivity contribution in [1.29, 1.82) is 0 Å². The Labute approximate surface area is 200 Å². The number of unbranched alkanes of at least 4 members (excludes halogenated alkanes) is 2. The molecule has 2 aromatic carbocycles. The van der Waals surface area contributed by atoms with Crippen molar-refractivity contribution in [3.05, 3.63) is 59.7 Å². The molecule has 1 atom stereocenters. The number of nitrogens with one attached hydrogen (secondary N) is 2. The molecule has 182 valence electrons. The zero-order valence-electron chi connectivity index (χ0n) is 19.9. The van der Waals surface area contributed by atoms with Gasteiger partial charge in [0, 0.05) is 18.9 Å². The summed E-state index contributed by atoms with van der Waals surface area (Å²) in [5, 5.41) is 14.8. The fourth-order valence-electron chi connectivity index (χ4n) is 4.52. The minimum atomic E-state index is -1.22. The number of hydrogen-bond donors (Lipinski definition) is 3. The van der Waals surface area contributed by atoms with Gasteiger partial charge in [0.25, 0.3) is 0 Å². The lowest BCUT2D eigenvalue weighted by atomic mass is 9.96. The number of carbonyl (C=O) groups is 3. The van der Waals surface area contributed by atoms with E-state index in [0.29, 0.717) is 32.2 Å². The van der Waals surface area contributed by atoms with Crippen LogP contribution in [-0.4, -0.2) is 41.8 Å². The SMILES string of the molecule is CCCC(C)(NC(=O)CCCCCNC(=O)OCC1c2ccccc2-c2ccccc21)C(=O)O. The number of benzene rings is 2. The monoisotopic (exact) mass is 466 g/mol. The summed E-state index contributed by atoms with van der Waals surface area (Å²) in [4.78, 5) is 35.7. The van der Waals surface area contributed by atoms with Gasteiger partial charge in [-0.25, -0.2) is 9.59 Å². The van der Waals surface area contributed by atoms with Crippen LogP contribution in [-0.2, 0) is 14.3 Å². The Hall–Kier alpha value is -3.35. The van der Waals surface area contributed by atoms with Crippen molar-refractivity contribution in [3.63, 3.8) is 0 Å². The first kappa shape index (κ1) is 25.3. The van der Waals surface area contributed by atoms with Gasteiger partial charge >= 0.3 is 12.1 Å². The zero-order valence-corrected chi connectivity index (χ0v) is 19.9. The van der Waals surface area contributed by atoms with Crippen LogP contribution < -0.4 is 10.6 Å². The molecule has 0 spiro atoms. The van der Waals surface area contributed by atoms with Gasteiger partial charge in [-0.1, -0.05) is 68.3 Å². The second-order valence-electron chi connectivity index (χ2n) is 9.00. The molecule has 7 heteroatoms. The van der Waals surface area contributed by atoms with Gasteiger partial charge in [-0.05, 0) is 48.4 Å². The van der Waals surface area contributed by atoms with E-state index in [1.165, 1.54) is 29.2 Å². The van der Waals surface area contributed by atoms with E-state index in [0.717, 1.165) is 6.42 Å². The van der Waals surface area contributed by atoms with Crippen LogP contribution in [0.5, 0.6) is 0 Å². The van der Waals surface area contributed by atoms with Crippen molar-refractivity contribution in [2.24, 2.45) is 0 Å². The van der Waals surface area contributed by atoms with E-state index in [4.69, 9.17) is 4.74 Å². The topological polar surface area (TPSA) is 105 Å². The van der Waals surface area contributed by atoms with E-state index in [-0.39, 0.29) is 24.9 Å². The van der Waals surface area contributed by atoms with Crippen molar-refractivity contribution < 1.29 is 24.2 Å². The number of aliphatic carboxylic acids is 1. The highest BCUT2D eigenvalue weighted by Crippen LogP contribution is 2.44.